The molecule has 0 unspecified atom stereocenters. The van der Waals surface area contributed by atoms with Crippen molar-refractivity contribution < 1.29 is 20.7 Å². The Morgan fingerprint density at radius 3 is 1.12 bits per heavy atom. The zero-order chi connectivity index (χ0) is 42.4. The molecule has 5 heterocycles. The molecule has 0 aliphatic carbocycles. The Morgan fingerprint density at radius 2 is 0.821 bits per heavy atom. The monoisotopic (exact) mass is 791 g/mol. The number of anilines is 3. The largest absolute Gasteiger partial charge is 0.395 e. The van der Waals surface area contributed by atoms with E-state index >= 15 is 0 Å². The van der Waals surface area contributed by atoms with Crippen molar-refractivity contribution in [1.82, 2.24) is 35.0 Å². The van der Waals surface area contributed by atoms with Gasteiger partial charge >= 0.3 is 0 Å². The van der Waals surface area contributed by atoms with Gasteiger partial charge in [-0.3, -0.25) is 4.90 Å². The van der Waals surface area contributed by atoms with Crippen molar-refractivity contribution in [2.45, 2.75) is 231 Å². The lowest BCUT2D eigenvalue weighted by atomic mass is 9.74. The summed E-state index contributed by atoms with van der Waals surface area (Å²) in [6.45, 7) is 35.4. The van der Waals surface area contributed by atoms with E-state index in [2.05, 4.69) is 138 Å². The molecule has 0 saturated carbocycles. The fraction of sp³-hybridized carbons (Fsp3) is 0.929. The maximum absolute atomic E-state index is 11.5. The maximum Gasteiger partial charge on any atom is 0.232 e. The van der Waals surface area contributed by atoms with Gasteiger partial charge in [-0.25, -0.2) is 0 Å². The highest BCUT2D eigenvalue weighted by atomic mass is 16.5. The van der Waals surface area contributed by atoms with Crippen LogP contribution in [0.3, 0.4) is 0 Å². The summed E-state index contributed by atoms with van der Waals surface area (Å²) < 4.78 is 0. The third-order valence-corrected chi connectivity index (χ3v) is 14.3. The van der Waals surface area contributed by atoms with E-state index in [9.17, 15) is 15.5 Å². The molecule has 0 amide bonds. The second-order valence-corrected chi connectivity index (χ2v) is 23.0. The van der Waals surface area contributed by atoms with Gasteiger partial charge in [0.15, 0.2) is 0 Å². The molecule has 0 bridgehead atoms. The molecule has 4 saturated heterocycles. The van der Waals surface area contributed by atoms with Crippen LogP contribution in [0, 0.1) is 0 Å². The van der Waals surface area contributed by atoms with Gasteiger partial charge in [-0.1, -0.05) is 10.1 Å². The van der Waals surface area contributed by atoms with Gasteiger partial charge in [0.1, 0.15) is 0 Å². The smallest absolute Gasteiger partial charge is 0.232 e. The van der Waals surface area contributed by atoms with Crippen LogP contribution in [0.15, 0.2) is 0 Å². The summed E-state index contributed by atoms with van der Waals surface area (Å²) in [6.07, 6.45) is 6.26. The maximum atomic E-state index is 11.5. The minimum atomic E-state index is -0.515. The van der Waals surface area contributed by atoms with Gasteiger partial charge in [0.25, 0.3) is 0 Å². The van der Waals surface area contributed by atoms with Gasteiger partial charge in [-0.05, 0) is 169 Å². The van der Waals surface area contributed by atoms with Gasteiger partial charge in [0, 0.05) is 52.9 Å². The van der Waals surface area contributed by atoms with Crippen molar-refractivity contribution in [3.05, 3.63) is 0 Å². The van der Waals surface area contributed by atoms with Crippen molar-refractivity contribution in [3.8, 4) is 0 Å². The van der Waals surface area contributed by atoms with Crippen molar-refractivity contribution in [2.24, 2.45) is 0 Å². The number of rotatable bonds is 9. The SMILES string of the molecule is CN1C(C)(C)CC(N(c2nc(NCCO)nc(N(C3CC(C)(C)N(O)C(C)(C)C3)C3CC(C)(C)N([OH2+])C(C)(C)C3)n2)C2CC(C)(C)N([OH2+])C(C)(C)C2)CC1(C)C. The highest BCUT2D eigenvalue weighted by Gasteiger charge is 2.56. The average Bonchev–Trinajstić information content (AvgIpc) is 3.02. The molecule has 0 aromatic carbocycles. The first-order valence-electron chi connectivity index (χ1n) is 21.2. The van der Waals surface area contributed by atoms with E-state index < -0.39 is 33.2 Å². The molecule has 0 atom stereocenters. The average molecular weight is 791 g/mol. The number of hydroxylamine groups is 6. The molecule has 4 fully saturated rings. The zero-order valence-electron chi connectivity index (χ0n) is 38.3. The summed E-state index contributed by atoms with van der Waals surface area (Å²) in [7, 11) is 2.24. The van der Waals surface area contributed by atoms with E-state index in [4.69, 9.17) is 20.2 Å². The summed E-state index contributed by atoms with van der Waals surface area (Å²) in [4.78, 5) is 23.6. The molecule has 322 valence electrons. The van der Waals surface area contributed by atoms with Crippen molar-refractivity contribution >= 4 is 17.8 Å². The fourth-order valence-corrected chi connectivity index (χ4v) is 11.9. The van der Waals surface area contributed by atoms with Crippen molar-refractivity contribution in [3.63, 3.8) is 0 Å². The van der Waals surface area contributed by atoms with Crippen LogP contribution in [0.2, 0.25) is 0 Å². The predicted octanol–water partition coefficient (Wildman–Crippen LogP) is 5.27. The number of aliphatic hydroxyl groups is 1. The minimum Gasteiger partial charge on any atom is -0.395 e. The molecule has 0 spiro atoms. The molecule has 4 aliphatic heterocycles. The van der Waals surface area contributed by atoms with Crippen LogP contribution in [0.1, 0.15) is 162 Å². The lowest BCUT2D eigenvalue weighted by Gasteiger charge is -2.58. The number of aromatic nitrogens is 3. The summed E-state index contributed by atoms with van der Waals surface area (Å²) in [5, 5.41) is 48.3. The van der Waals surface area contributed by atoms with E-state index in [0.717, 1.165) is 38.5 Å². The van der Waals surface area contributed by atoms with E-state index in [1.807, 2.05) is 0 Å². The van der Waals surface area contributed by atoms with E-state index in [0.29, 0.717) is 37.2 Å². The highest BCUT2D eigenvalue weighted by Crippen LogP contribution is 2.48. The normalized spacial score (nSPS) is 28.6. The first-order valence-corrected chi connectivity index (χ1v) is 21.2. The summed E-state index contributed by atoms with van der Waals surface area (Å²) in [5.74, 6) is 1.67. The Morgan fingerprint density at radius 1 is 0.536 bits per heavy atom. The van der Waals surface area contributed by atoms with E-state index in [1.165, 1.54) is 5.06 Å². The predicted molar refractivity (Wildman–Crippen MR) is 227 cm³/mol. The number of aliphatic hydroxyl groups excluding tert-OH is 1. The van der Waals surface area contributed by atoms with Crippen LogP contribution < -0.4 is 15.1 Å². The molecule has 5 rings (SSSR count). The summed E-state index contributed by atoms with van der Waals surface area (Å²) in [6, 6.07) is 0.149. The van der Waals surface area contributed by atoms with E-state index in [-0.39, 0.29) is 41.9 Å². The Balaban J connectivity index is 1.77. The van der Waals surface area contributed by atoms with Crippen LogP contribution in [0.25, 0.3) is 0 Å². The van der Waals surface area contributed by atoms with Crippen LogP contribution in [-0.2, 0) is 0 Å². The summed E-state index contributed by atoms with van der Waals surface area (Å²) in [5.41, 5.74) is -2.84. The molecule has 1 aromatic rings. The third-order valence-electron chi connectivity index (χ3n) is 14.3. The number of likely N-dealkylation sites (tertiary alicyclic amines) is 1. The van der Waals surface area contributed by atoms with Gasteiger partial charge in [-0.15, -0.1) is 0 Å². The topological polar surface area (TPSA) is 156 Å². The van der Waals surface area contributed by atoms with E-state index in [1.54, 1.807) is 10.1 Å². The summed E-state index contributed by atoms with van der Waals surface area (Å²) >= 11 is 0. The molecule has 7 N–H and O–H groups in total. The number of piperidine rings is 4. The first kappa shape index (κ1) is 45.2. The van der Waals surface area contributed by atoms with Crippen molar-refractivity contribution in [1.29, 1.82) is 0 Å². The third kappa shape index (κ3) is 8.55. The zero-order valence-corrected chi connectivity index (χ0v) is 38.3. The lowest BCUT2D eigenvalue weighted by molar-refractivity contribution is -0.251. The molecule has 56 heavy (non-hydrogen) atoms. The Kier molecular flexibility index (Phi) is 11.8. The number of hydrogen-bond donors (Lipinski definition) is 3. The quantitative estimate of drug-likeness (QED) is 0.279. The first-order chi connectivity index (χ1) is 25.3. The van der Waals surface area contributed by atoms with Gasteiger partial charge in [0.05, 0.1) is 28.8 Å². The van der Waals surface area contributed by atoms with Gasteiger partial charge < -0.3 is 35.8 Å². The number of nitrogens with one attached hydrogen (secondary N) is 1. The van der Waals surface area contributed by atoms with Crippen LogP contribution >= 0.6 is 0 Å². The van der Waals surface area contributed by atoms with Crippen LogP contribution in [0.4, 0.5) is 17.8 Å². The number of hydrogen-bond acceptors (Lipinski definition) is 12. The van der Waals surface area contributed by atoms with Gasteiger partial charge in [-0.2, -0.15) is 20.0 Å². The second kappa shape index (κ2) is 14.7. The molecule has 0 radical (unpaired) electrons. The Bertz CT molecular complexity index is 1300. The molecule has 14 heteroatoms. The van der Waals surface area contributed by atoms with Crippen molar-refractivity contribution in [2.75, 3.05) is 35.3 Å². The molecular formula is C42H82N10O4+2. The minimum absolute atomic E-state index is 0.00320. The Hall–Kier alpha value is -1.91. The molecule has 14 nitrogen and oxygen atoms in total. The molecular weight excluding hydrogens is 709 g/mol. The highest BCUT2D eigenvalue weighted by molar-refractivity contribution is 5.49. The Labute approximate surface area is 338 Å². The second-order valence-electron chi connectivity index (χ2n) is 23.0. The molecule has 1 aromatic heterocycles. The molecule has 4 aliphatic rings. The van der Waals surface area contributed by atoms with Gasteiger partial charge in [0.2, 0.25) is 17.8 Å². The number of nitrogens with zero attached hydrogens (tertiary/aromatic N) is 9. The van der Waals surface area contributed by atoms with Crippen LogP contribution in [0.5, 0.6) is 0 Å². The fourth-order valence-electron chi connectivity index (χ4n) is 11.9. The lowest BCUT2D eigenvalue weighted by Crippen LogP contribution is -2.68. The van der Waals surface area contributed by atoms with Crippen LogP contribution in [-0.4, -0.2) is 144 Å². The standard InChI is InChI=1S/C42H80N10O4/c1-35(2)20-28(21-36(3,4)47(35)17)48(29-22-37(5,6)50(54)38(7,8)23-29)33-44-32(43-18-19-53)45-34(46-33)49(30-24-39(9,10)51(55)40(11,12)25-30)31-26-41(13,14)52(56)42(15,16)27-31/h28-31,53-56H,18-27H2,1-17H3,(H,43,44,45,46)/p+2.